The fraction of sp³-hybridized carbons (Fsp3) is 0.538. The molecule has 0 fully saturated rings. The second-order valence-corrected chi connectivity index (χ2v) is 4.34. The van der Waals surface area contributed by atoms with Crippen LogP contribution in [-0.2, 0) is 0 Å². The van der Waals surface area contributed by atoms with Crippen LogP contribution in [0.4, 0.5) is 0 Å². The lowest BCUT2D eigenvalue weighted by atomic mass is 9.98. The summed E-state index contributed by atoms with van der Waals surface area (Å²) in [7, 11) is 1.56. The van der Waals surface area contributed by atoms with E-state index in [2.05, 4.69) is 0 Å². The van der Waals surface area contributed by atoms with Crippen molar-refractivity contribution in [3.8, 4) is 17.2 Å². The minimum atomic E-state index is -0.569. The summed E-state index contributed by atoms with van der Waals surface area (Å²) in [6, 6.07) is 3.14. The number of methoxy groups -OCH3 is 1. The quantitative estimate of drug-likeness (QED) is 0.833. The molecule has 0 saturated carbocycles. The molecule has 100 valence electrons. The predicted octanol–water partition coefficient (Wildman–Crippen LogP) is 1.58. The highest BCUT2D eigenvalue weighted by Gasteiger charge is 2.24. The molecule has 18 heavy (non-hydrogen) atoms. The van der Waals surface area contributed by atoms with E-state index in [4.69, 9.17) is 19.9 Å². The number of rotatable bonds is 5. The smallest absolute Gasteiger partial charge is 0.231 e. The molecule has 0 aromatic heterocycles. The Morgan fingerprint density at radius 1 is 1.44 bits per heavy atom. The molecule has 1 heterocycles. The lowest BCUT2D eigenvalue weighted by Crippen LogP contribution is -2.25. The topological polar surface area (TPSA) is 73.9 Å². The summed E-state index contributed by atoms with van der Waals surface area (Å²) < 4.78 is 15.9. The molecular weight excluding hydrogens is 234 g/mol. The van der Waals surface area contributed by atoms with E-state index in [1.807, 2.05) is 6.92 Å². The van der Waals surface area contributed by atoms with Crippen molar-refractivity contribution >= 4 is 0 Å². The van der Waals surface area contributed by atoms with Gasteiger partial charge in [-0.25, -0.2) is 0 Å². The number of nitrogens with two attached hydrogens (primary N) is 1. The standard InChI is InChI=1S/C13H19NO4/c1-3-4-9(15)12(14)8-5-10(16-2)13-11(6-8)17-7-18-13/h5-6,9,12,15H,3-4,7,14H2,1-2H3/t9-,12+/m0/s1. The fourth-order valence-electron chi connectivity index (χ4n) is 2.04. The largest absolute Gasteiger partial charge is 0.493 e. The highest BCUT2D eigenvalue weighted by molar-refractivity contribution is 5.55. The molecule has 1 aromatic carbocycles. The van der Waals surface area contributed by atoms with Crippen molar-refractivity contribution in [3.05, 3.63) is 17.7 Å². The molecule has 0 aliphatic carbocycles. The van der Waals surface area contributed by atoms with Gasteiger partial charge < -0.3 is 25.1 Å². The summed E-state index contributed by atoms with van der Waals surface area (Å²) in [6.45, 7) is 2.19. The molecule has 2 atom stereocenters. The first-order valence-electron chi connectivity index (χ1n) is 6.08. The molecule has 1 aromatic rings. The first-order chi connectivity index (χ1) is 8.67. The van der Waals surface area contributed by atoms with Gasteiger partial charge in [0.05, 0.1) is 19.3 Å². The van der Waals surface area contributed by atoms with Crippen LogP contribution >= 0.6 is 0 Å². The van der Waals surface area contributed by atoms with E-state index in [9.17, 15) is 5.11 Å². The molecule has 5 nitrogen and oxygen atoms in total. The van der Waals surface area contributed by atoms with Crippen molar-refractivity contribution in [1.82, 2.24) is 0 Å². The molecule has 3 N–H and O–H groups in total. The van der Waals surface area contributed by atoms with Gasteiger partial charge >= 0.3 is 0 Å². The summed E-state index contributed by atoms with van der Waals surface area (Å²) in [4.78, 5) is 0. The molecule has 1 aliphatic rings. The Bertz CT molecular complexity index is 422. The van der Waals surface area contributed by atoms with Gasteiger partial charge in [0.15, 0.2) is 11.5 Å². The van der Waals surface area contributed by atoms with Gasteiger partial charge in [-0.05, 0) is 24.1 Å². The average molecular weight is 253 g/mol. The maximum atomic E-state index is 9.95. The maximum Gasteiger partial charge on any atom is 0.231 e. The minimum absolute atomic E-state index is 0.182. The summed E-state index contributed by atoms with van der Waals surface area (Å²) in [5, 5.41) is 9.95. The molecule has 0 spiro atoms. The number of ether oxygens (including phenoxy) is 3. The molecule has 0 unspecified atom stereocenters. The number of hydrogen-bond acceptors (Lipinski definition) is 5. The van der Waals surface area contributed by atoms with Gasteiger partial charge in [-0.3, -0.25) is 0 Å². The Kier molecular flexibility index (Phi) is 3.93. The first-order valence-corrected chi connectivity index (χ1v) is 6.08. The molecule has 0 radical (unpaired) electrons. The van der Waals surface area contributed by atoms with Gasteiger partial charge in [-0.1, -0.05) is 13.3 Å². The number of aliphatic hydroxyl groups excluding tert-OH is 1. The van der Waals surface area contributed by atoms with E-state index in [1.165, 1.54) is 0 Å². The van der Waals surface area contributed by atoms with Gasteiger partial charge in [-0.15, -0.1) is 0 Å². The molecule has 5 heteroatoms. The van der Waals surface area contributed by atoms with E-state index < -0.39 is 12.1 Å². The molecule has 0 bridgehead atoms. The summed E-state index contributed by atoms with van der Waals surface area (Å²) >= 11 is 0. The summed E-state index contributed by atoms with van der Waals surface area (Å²) in [5.41, 5.74) is 6.83. The van der Waals surface area contributed by atoms with Gasteiger partial charge in [-0.2, -0.15) is 0 Å². The van der Waals surface area contributed by atoms with Crippen LogP contribution in [0.3, 0.4) is 0 Å². The Labute approximate surface area is 106 Å². The first kappa shape index (κ1) is 13.0. The van der Waals surface area contributed by atoms with E-state index in [0.29, 0.717) is 23.7 Å². The minimum Gasteiger partial charge on any atom is -0.493 e. The third kappa shape index (κ3) is 2.37. The van der Waals surface area contributed by atoms with Crippen LogP contribution in [0.25, 0.3) is 0 Å². The van der Waals surface area contributed by atoms with Gasteiger partial charge in [0.2, 0.25) is 12.5 Å². The van der Waals surface area contributed by atoms with Crippen LogP contribution in [0.1, 0.15) is 31.4 Å². The van der Waals surface area contributed by atoms with E-state index >= 15 is 0 Å². The molecule has 0 amide bonds. The van der Waals surface area contributed by atoms with Gasteiger partial charge in [0.1, 0.15) is 0 Å². The second kappa shape index (κ2) is 5.46. The van der Waals surface area contributed by atoms with Crippen LogP contribution in [0.15, 0.2) is 12.1 Å². The maximum absolute atomic E-state index is 9.95. The zero-order chi connectivity index (χ0) is 13.1. The summed E-state index contributed by atoms with van der Waals surface area (Å²) in [6.07, 6.45) is 0.981. The average Bonchev–Trinajstić information content (AvgIpc) is 2.85. The van der Waals surface area contributed by atoms with E-state index in [0.717, 1.165) is 12.0 Å². The SMILES string of the molecule is CCC[C@H](O)[C@H](N)c1cc(OC)c2c(c1)OCO2. The summed E-state index contributed by atoms with van der Waals surface area (Å²) in [5.74, 6) is 1.79. The molecular formula is C13H19NO4. The van der Waals surface area contributed by atoms with Crippen LogP contribution in [0, 0.1) is 0 Å². The monoisotopic (exact) mass is 253 g/mol. The number of hydrogen-bond donors (Lipinski definition) is 2. The Morgan fingerprint density at radius 2 is 2.22 bits per heavy atom. The Hall–Kier alpha value is -1.46. The highest BCUT2D eigenvalue weighted by atomic mass is 16.7. The number of aliphatic hydroxyl groups is 1. The zero-order valence-electron chi connectivity index (χ0n) is 10.7. The molecule has 1 aliphatic heterocycles. The number of fused-ring (bicyclic) bond motifs is 1. The van der Waals surface area contributed by atoms with Crippen molar-refractivity contribution < 1.29 is 19.3 Å². The zero-order valence-corrected chi connectivity index (χ0v) is 10.7. The lowest BCUT2D eigenvalue weighted by molar-refractivity contribution is 0.134. The Morgan fingerprint density at radius 3 is 2.89 bits per heavy atom. The van der Waals surface area contributed by atoms with E-state index in [1.54, 1.807) is 19.2 Å². The normalized spacial score (nSPS) is 16.4. The van der Waals surface area contributed by atoms with Gasteiger partial charge in [0, 0.05) is 0 Å². The second-order valence-electron chi connectivity index (χ2n) is 4.34. The molecule has 2 rings (SSSR count). The van der Waals surface area contributed by atoms with Crippen molar-refractivity contribution in [2.75, 3.05) is 13.9 Å². The van der Waals surface area contributed by atoms with Crippen LogP contribution in [0.2, 0.25) is 0 Å². The van der Waals surface area contributed by atoms with Crippen molar-refractivity contribution in [2.24, 2.45) is 5.73 Å². The van der Waals surface area contributed by atoms with Gasteiger partial charge in [0.25, 0.3) is 0 Å². The number of benzene rings is 1. The van der Waals surface area contributed by atoms with E-state index in [-0.39, 0.29) is 6.79 Å². The fourth-order valence-corrected chi connectivity index (χ4v) is 2.04. The van der Waals surface area contributed by atoms with Crippen molar-refractivity contribution in [2.45, 2.75) is 31.9 Å². The predicted molar refractivity (Wildman–Crippen MR) is 67.0 cm³/mol. The van der Waals surface area contributed by atoms with Crippen LogP contribution in [0.5, 0.6) is 17.2 Å². The molecule has 0 saturated heterocycles. The lowest BCUT2D eigenvalue weighted by Gasteiger charge is -2.19. The van der Waals surface area contributed by atoms with Crippen LogP contribution in [-0.4, -0.2) is 25.1 Å². The van der Waals surface area contributed by atoms with Crippen LogP contribution < -0.4 is 19.9 Å². The third-order valence-electron chi connectivity index (χ3n) is 3.06. The van der Waals surface area contributed by atoms with Crippen molar-refractivity contribution in [3.63, 3.8) is 0 Å². The van der Waals surface area contributed by atoms with Crippen molar-refractivity contribution in [1.29, 1.82) is 0 Å². The third-order valence-corrected chi connectivity index (χ3v) is 3.06. The highest BCUT2D eigenvalue weighted by Crippen LogP contribution is 2.43. The Balaban J connectivity index is 2.28.